The Morgan fingerprint density at radius 1 is 0.621 bits per heavy atom. The molecule has 0 bridgehead atoms. The van der Waals surface area contributed by atoms with E-state index in [4.69, 9.17) is 19.3 Å². The van der Waals surface area contributed by atoms with Gasteiger partial charge in [-0.25, -0.2) is 4.79 Å². The lowest BCUT2D eigenvalue weighted by Gasteiger charge is -2.11. The number of ether oxygens (including phenoxy) is 3. The Morgan fingerprint density at radius 2 is 1.21 bits per heavy atom. The van der Waals surface area contributed by atoms with Crippen molar-refractivity contribution in [2.75, 3.05) is 18.5 Å². The normalized spacial score (nSPS) is 9.76. The van der Waals surface area contributed by atoms with Crippen LogP contribution < -0.4 is 24.8 Å². The summed E-state index contributed by atoms with van der Waals surface area (Å²) in [5.41, 5.74) is 3.22. The summed E-state index contributed by atoms with van der Waals surface area (Å²) in [6, 6.07) is 37.4. The molecule has 5 aromatic rings. The zero-order chi connectivity index (χ0) is 42.5. The van der Waals surface area contributed by atoms with Crippen molar-refractivity contribution in [2.24, 2.45) is 0 Å². The predicted molar refractivity (Wildman–Crippen MR) is 231 cm³/mol. The number of para-hydroxylation sites is 2. The lowest BCUT2D eigenvalue weighted by molar-refractivity contribution is -0.135. The number of carboxylic acids is 1. The van der Waals surface area contributed by atoms with Gasteiger partial charge in [-0.1, -0.05) is 114 Å². The molecule has 5 rings (SSSR count). The zero-order valence-corrected chi connectivity index (χ0v) is 34.6. The Kier molecular flexibility index (Phi) is 23.1. The minimum Gasteiger partial charge on any atom is -0.494 e. The number of carbonyl (C=O) groups excluding carboxylic acids is 3. The van der Waals surface area contributed by atoms with Gasteiger partial charge in [-0.3, -0.25) is 14.4 Å². The summed E-state index contributed by atoms with van der Waals surface area (Å²) in [6.07, 6.45) is 6.19. The van der Waals surface area contributed by atoms with Crippen molar-refractivity contribution in [3.8, 4) is 23.0 Å². The summed E-state index contributed by atoms with van der Waals surface area (Å²) in [5, 5.41) is 13.7. The maximum Gasteiger partial charge on any atom is 0.343 e. The molecular formula is C48H58N2O8. The van der Waals surface area contributed by atoms with Crippen LogP contribution in [0.5, 0.6) is 23.0 Å². The van der Waals surface area contributed by atoms with Gasteiger partial charge in [0.2, 0.25) is 5.91 Å². The second kappa shape index (κ2) is 28.0. The van der Waals surface area contributed by atoms with Crippen LogP contribution in [0.3, 0.4) is 0 Å². The van der Waals surface area contributed by atoms with E-state index in [1.807, 2.05) is 107 Å². The molecule has 0 saturated heterocycles. The number of unbranched alkanes of at least 4 members (excludes halogenated alkanes) is 4. The molecule has 0 aliphatic heterocycles. The first-order chi connectivity index (χ1) is 28.2. The van der Waals surface area contributed by atoms with Crippen LogP contribution in [0.4, 0.5) is 5.69 Å². The van der Waals surface area contributed by atoms with E-state index in [1.54, 1.807) is 42.5 Å². The van der Waals surface area contributed by atoms with E-state index in [2.05, 4.69) is 17.6 Å². The fraction of sp³-hybridized carbons (Fsp3) is 0.292. The molecule has 10 nitrogen and oxygen atoms in total. The highest BCUT2D eigenvalue weighted by molar-refractivity contribution is 5.97. The number of rotatable bonds is 17. The number of hydrogen-bond donors (Lipinski definition) is 3. The highest BCUT2D eigenvalue weighted by Gasteiger charge is 2.12. The molecule has 10 heteroatoms. The van der Waals surface area contributed by atoms with Gasteiger partial charge in [0.15, 0.2) is 0 Å². The average Bonchev–Trinajstić information content (AvgIpc) is 3.25. The topological polar surface area (TPSA) is 140 Å². The molecule has 0 aliphatic rings. The maximum absolute atomic E-state index is 12.5. The van der Waals surface area contributed by atoms with E-state index in [1.165, 1.54) is 37.8 Å². The van der Waals surface area contributed by atoms with Crippen LogP contribution in [-0.4, -0.2) is 42.0 Å². The first-order valence-electron chi connectivity index (χ1n) is 19.9. The van der Waals surface area contributed by atoms with Crippen LogP contribution in [0.15, 0.2) is 127 Å². The van der Waals surface area contributed by atoms with Crippen LogP contribution in [0.2, 0.25) is 0 Å². The molecule has 0 atom stereocenters. The summed E-state index contributed by atoms with van der Waals surface area (Å²) < 4.78 is 16.9. The number of hydrogen-bond acceptors (Lipinski definition) is 7. The minimum absolute atomic E-state index is 0.115. The van der Waals surface area contributed by atoms with Crippen molar-refractivity contribution < 1.29 is 38.5 Å². The quantitative estimate of drug-likeness (QED) is 0.0480. The number of anilines is 1. The number of aryl methyl sites for hydroxylation is 1. The van der Waals surface area contributed by atoms with Crippen molar-refractivity contribution in [2.45, 2.75) is 80.1 Å². The SMILES string of the molecule is CC.CC.CCCCCCCOc1ccc(C(=O)Oc2ccc(C)cc2)cc1.O=C(O)CNC(=O)c1ccc(NC(=O)Cc2ccccc2Oc2ccccc2)cc1. The second-order valence-electron chi connectivity index (χ2n) is 12.4. The fourth-order valence-corrected chi connectivity index (χ4v) is 5.06. The molecular weight excluding hydrogens is 733 g/mol. The molecule has 0 spiro atoms. The predicted octanol–water partition coefficient (Wildman–Crippen LogP) is 11.1. The summed E-state index contributed by atoms with van der Waals surface area (Å²) in [6.45, 7) is 12.5. The van der Waals surface area contributed by atoms with E-state index in [0.29, 0.717) is 34.1 Å². The number of carbonyl (C=O) groups is 4. The number of esters is 1. The molecule has 2 amide bonds. The highest BCUT2D eigenvalue weighted by atomic mass is 16.5. The molecule has 0 heterocycles. The highest BCUT2D eigenvalue weighted by Crippen LogP contribution is 2.26. The van der Waals surface area contributed by atoms with Crippen molar-refractivity contribution in [1.82, 2.24) is 5.32 Å². The van der Waals surface area contributed by atoms with Crippen LogP contribution in [-0.2, 0) is 16.0 Å². The lowest BCUT2D eigenvalue weighted by Crippen LogP contribution is -2.29. The van der Waals surface area contributed by atoms with Gasteiger partial charge in [-0.2, -0.15) is 0 Å². The number of carboxylic acid groups (broad SMARTS) is 1. The van der Waals surface area contributed by atoms with Crippen molar-refractivity contribution in [3.05, 3.63) is 150 Å². The van der Waals surface area contributed by atoms with E-state index >= 15 is 0 Å². The first-order valence-corrected chi connectivity index (χ1v) is 19.9. The van der Waals surface area contributed by atoms with Gasteiger partial charge in [-0.15, -0.1) is 0 Å². The Bertz CT molecular complexity index is 1930. The molecule has 0 saturated carbocycles. The third-order valence-corrected chi connectivity index (χ3v) is 7.96. The van der Waals surface area contributed by atoms with Gasteiger partial charge in [0.25, 0.3) is 5.91 Å². The van der Waals surface area contributed by atoms with Gasteiger partial charge >= 0.3 is 11.9 Å². The van der Waals surface area contributed by atoms with Crippen LogP contribution in [0.1, 0.15) is 98.6 Å². The van der Waals surface area contributed by atoms with Crippen molar-refractivity contribution in [3.63, 3.8) is 0 Å². The summed E-state index contributed by atoms with van der Waals surface area (Å²) in [5.74, 6) is 0.417. The molecule has 0 unspecified atom stereocenters. The summed E-state index contributed by atoms with van der Waals surface area (Å²) in [7, 11) is 0. The van der Waals surface area contributed by atoms with Gasteiger partial charge in [0.1, 0.15) is 29.5 Å². The molecule has 58 heavy (non-hydrogen) atoms. The third kappa shape index (κ3) is 18.5. The summed E-state index contributed by atoms with van der Waals surface area (Å²) >= 11 is 0. The largest absolute Gasteiger partial charge is 0.494 e. The van der Waals surface area contributed by atoms with Crippen molar-refractivity contribution >= 4 is 29.4 Å². The number of aliphatic carboxylic acids is 1. The van der Waals surface area contributed by atoms with E-state index in [9.17, 15) is 19.2 Å². The maximum atomic E-state index is 12.5. The monoisotopic (exact) mass is 790 g/mol. The Morgan fingerprint density at radius 3 is 1.84 bits per heavy atom. The fourth-order valence-electron chi connectivity index (χ4n) is 5.06. The third-order valence-electron chi connectivity index (χ3n) is 7.96. The standard InChI is InChI=1S/C23H20N2O5.C21H26O3.2C2H6/c26-21(25-18-12-10-16(11-13-18)23(29)24-15-22(27)28)14-17-6-4-5-9-20(17)30-19-7-2-1-3-8-19;1-3-4-5-6-7-16-23-19-14-10-18(11-15-19)21(22)24-20-12-8-17(2)9-13-20;2*1-2/h1-13H,14-15H2,(H,24,29)(H,25,26)(H,27,28);8-15H,3-7,16H2,1-2H3;2*1-2H3. The van der Waals surface area contributed by atoms with Gasteiger partial charge in [0, 0.05) is 16.8 Å². The van der Waals surface area contributed by atoms with Gasteiger partial charge in [-0.05, 0) is 92.2 Å². The van der Waals surface area contributed by atoms with Crippen molar-refractivity contribution in [1.29, 1.82) is 0 Å². The smallest absolute Gasteiger partial charge is 0.343 e. The minimum atomic E-state index is -1.12. The molecule has 308 valence electrons. The lowest BCUT2D eigenvalue weighted by atomic mass is 10.1. The average molecular weight is 791 g/mol. The molecule has 3 N–H and O–H groups in total. The number of benzene rings is 5. The van der Waals surface area contributed by atoms with Crippen LogP contribution >= 0.6 is 0 Å². The van der Waals surface area contributed by atoms with Gasteiger partial charge < -0.3 is 30.0 Å². The van der Waals surface area contributed by atoms with E-state index in [0.717, 1.165) is 29.9 Å². The Labute approximate surface area is 343 Å². The number of amides is 2. The second-order valence-corrected chi connectivity index (χ2v) is 12.4. The molecule has 0 aliphatic carbocycles. The van der Waals surface area contributed by atoms with E-state index < -0.39 is 18.4 Å². The molecule has 0 aromatic heterocycles. The molecule has 5 aromatic carbocycles. The Balaban J connectivity index is 0.000000376. The van der Waals surface area contributed by atoms with Crippen LogP contribution in [0, 0.1) is 6.92 Å². The van der Waals surface area contributed by atoms with Crippen LogP contribution in [0.25, 0.3) is 0 Å². The molecule has 0 fully saturated rings. The van der Waals surface area contributed by atoms with E-state index in [-0.39, 0.29) is 18.3 Å². The molecule has 0 radical (unpaired) electrons. The first kappa shape index (κ1) is 47.7. The number of nitrogens with one attached hydrogen (secondary N) is 2. The van der Waals surface area contributed by atoms with Gasteiger partial charge in [0.05, 0.1) is 18.6 Å². The zero-order valence-electron chi connectivity index (χ0n) is 34.6. The summed E-state index contributed by atoms with van der Waals surface area (Å²) in [4.78, 5) is 46.9. The Hall–Kier alpha value is -6.42.